The molecule has 1 atom stereocenters. The van der Waals surface area contributed by atoms with Gasteiger partial charge in [-0.2, -0.15) is 12.6 Å². The molecule has 1 aromatic rings. The number of methoxy groups -OCH3 is 1. The summed E-state index contributed by atoms with van der Waals surface area (Å²) < 4.78 is 18.2. The smallest absolute Gasteiger partial charge is 0.131 e. The van der Waals surface area contributed by atoms with E-state index in [0.29, 0.717) is 11.3 Å². The molecule has 12 heavy (non-hydrogen) atoms. The fraction of sp³-hybridized carbons (Fsp3) is 0.333. The highest BCUT2D eigenvalue weighted by Gasteiger charge is 2.12. The lowest BCUT2D eigenvalue weighted by atomic mass is 10.1. The number of hydrogen-bond acceptors (Lipinski definition) is 2. The van der Waals surface area contributed by atoms with E-state index in [1.165, 1.54) is 13.2 Å². The summed E-state index contributed by atoms with van der Waals surface area (Å²) in [6, 6.07) is 4.75. The first-order valence-electron chi connectivity index (χ1n) is 3.67. The topological polar surface area (TPSA) is 9.23 Å². The van der Waals surface area contributed by atoms with Gasteiger partial charge in [-0.3, -0.25) is 0 Å². The predicted molar refractivity (Wildman–Crippen MR) is 50.4 cm³/mol. The van der Waals surface area contributed by atoms with Crippen LogP contribution in [0.5, 0.6) is 5.75 Å². The maximum absolute atomic E-state index is 13.2. The molecule has 0 radical (unpaired) electrons. The molecule has 0 aromatic heterocycles. The molecule has 0 fully saturated rings. The molecule has 0 aliphatic carbocycles. The second-order valence-corrected chi connectivity index (χ2v) is 3.31. The summed E-state index contributed by atoms with van der Waals surface area (Å²) >= 11 is 4.16. The molecule has 66 valence electrons. The van der Waals surface area contributed by atoms with Crippen molar-refractivity contribution >= 4 is 12.6 Å². The van der Waals surface area contributed by atoms with Gasteiger partial charge in [-0.25, -0.2) is 4.39 Å². The lowest BCUT2D eigenvalue weighted by Crippen LogP contribution is -1.96. The van der Waals surface area contributed by atoms with Crippen LogP contribution in [0, 0.1) is 5.82 Å². The van der Waals surface area contributed by atoms with Crippen molar-refractivity contribution < 1.29 is 9.13 Å². The molecule has 1 aromatic carbocycles. The average molecular weight is 186 g/mol. The molecule has 1 unspecified atom stereocenters. The van der Waals surface area contributed by atoms with Gasteiger partial charge in [0.15, 0.2) is 0 Å². The van der Waals surface area contributed by atoms with Gasteiger partial charge in [0.25, 0.3) is 0 Å². The molecule has 0 saturated carbocycles. The largest absolute Gasteiger partial charge is 0.496 e. The molecular weight excluding hydrogens is 175 g/mol. The third kappa shape index (κ3) is 1.72. The van der Waals surface area contributed by atoms with Crippen molar-refractivity contribution in [2.24, 2.45) is 0 Å². The van der Waals surface area contributed by atoms with E-state index in [9.17, 15) is 4.39 Å². The van der Waals surface area contributed by atoms with E-state index in [4.69, 9.17) is 4.74 Å². The quantitative estimate of drug-likeness (QED) is 0.699. The molecule has 1 rings (SSSR count). The molecule has 0 N–H and O–H groups in total. The first-order chi connectivity index (χ1) is 5.66. The first-order valence-corrected chi connectivity index (χ1v) is 4.19. The Morgan fingerprint density at radius 3 is 2.58 bits per heavy atom. The summed E-state index contributed by atoms with van der Waals surface area (Å²) in [5, 5.41) is -0.152. The number of hydrogen-bond donors (Lipinski definition) is 1. The molecule has 0 bridgehead atoms. The summed E-state index contributed by atoms with van der Waals surface area (Å²) in [7, 11) is 1.52. The summed E-state index contributed by atoms with van der Waals surface area (Å²) in [5.41, 5.74) is 0.517. The van der Waals surface area contributed by atoms with Crippen molar-refractivity contribution in [3.05, 3.63) is 29.6 Å². The van der Waals surface area contributed by atoms with Gasteiger partial charge in [-0.15, -0.1) is 0 Å². The average Bonchev–Trinajstić information content (AvgIpc) is 2.03. The zero-order valence-corrected chi connectivity index (χ0v) is 7.94. The molecule has 0 amide bonds. The predicted octanol–water partition coefficient (Wildman–Crippen LogP) is 2.83. The molecule has 3 heteroatoms. The maximum Gasteiger partial charge on any atom is 0.131 e. The second kappa shape index (κ2) is 3.81. The third-order valence-corrected chi connectivity index (χ3v) is 1.91. The maximum atomic E-state index is 13.2. The van der Waals surface area contributed by atoms with Crippen LogP contribution >= 0.6 is 12.6 Å². The van der Waals surface area contributed by atoms with Gasteiger partial charge in [-0.05, 0) is 19.1 Å². The van der Waals surface area contributed by atoms with Gasteiger partial charge in [0.1, 0.15) is 11.6 Å². The van der Waals surface area contributed by atoms with Crippen LogP contribution < -0.4 is 4.74 Å². The molecule has 0 aliphatic heterocycles. The van der Waals surface area contributed by atoms with Crippen LogP contribution in [-0.4, -0.2) is 7.11 Å². The lowest BCUT2D eigenvalue weighted by molar-refractivity contribution is 0.405. The van der Waals surface area contributed by atoms with Crippen LogP contribution in [-0.2, 0) is 0 Å². The van der Waals surface area contributed by atoms with Crippen molar-refractivity contribution in [1.82, 2.24) is 0 Å². The van der Waals surface area contributed by atoms with Gasteiger partial charge >= 0.3 is 0 Å². The summed E-state index contributed by atoms with van der Waals surface area (Å²) in [6.07, 6.45) is 0. The summed E-state index contributed by atoms with van der Waals surface area (Å²) in [6.45, 7) is 1.81. The number of benzene rings is 1. The molecule has 0 heterocycles. The number of ether oxygens (including phenoxy) is 1. The van der Waals surface area contributed by atoms with Crippen LogP contribution in [0.3, 0.4) is 0 Å². The highest BCUT2D eigenvalue weighted by atomic mass is 32.1. The minimum Gasteiger partial charge on any atom is -0.496 e. The van der Waals surface area contributed by atoms with Crippen molar-refractivity contribution in [3.63, 3.8) is 0 Å². The molecular formula is C9H11FOS. The van der Waals surface area contributed by atoms with Crippen molar-refractivity contribution in [2.45, 2.75) is 12.2 Å². The Kier molecular flexibility index (Phi) is 2.98. The van der Waals surface area contributed by atoms with Crippen LogP contribution in [0.4, 0.5) is 4.39 Å². The van der Waals surface area contributed by atoms with Crippen LogP contribution in [0.25, 0.3) is 0 Å². The zero-order chi connectivity index (χ0) is 9.14. The van der Waals surface area contributed by atoms with Crippen molar-refractivity contribution in [3.8, 4) is 5.75 Å². The Labute approximate surface area is 77.0 Å². The molecule has 1 nitrogen and oxygen atoms in total. The highest BCUT2D eigenvalue weighted by molar-refractivity contribution is 7.80. The van der Waals surface area contributed by atoms with Gasteiger partial charge in [0.05, 0.1) is 7.11 Å². The Hall–Kier alpha value is -0.700. The van der Waals surface area contributed by atoms with E-state index in [-0.39, 0.29) is 11.1 Å². The van der Waals surface area contributed by atoms with E-state index >= 15 is 0 Å². The van der Waals surface area contributed by atoms with E-state index in [0.717, 1.165) is 0 Å². The zero-order valence-electron chi connectivity index (χ0n) is 7.04. The molecule has 0 saturated heterocycles. The minimum atomic E-state index is -0.267. The number of thiol groups is 1. The fourth-order valence-corrected chi connectivity index (χ4v) is 1.35. The monoisotopic (exact) mass is 186 g/mol. The van der Waals surface area contributed by atoms with Gasteiger partial charge in [0.2, 0.25) is 0 Å². The number of halogens is 1. The van der Waals surface area contributed by atoms with Crippen LogP contribution in [0.15, 0.2) is 18.2 Å². The van der Waals surface area contributed by atoms with Crippen molar-refractivity contribution in [1.29, 1.82) is 0 Å². The van der Waals surface area contributed by atoms with Gasteiger partial charge < -0.3 is 4.74 Å². The Morgan fingerprint density at radius 1 is 1.50 bits per heavy atom. The van der Waals surface area contributed by atoms with E-state index in [2.05, 4.69) is 12.6 Å². The van der Waals surface area contributed by atoms with Gasteiger partial charge in [0, 0.05) is 10.8 Å². The standard InChI is InChI=1S/C9H11FOS/c1-6(12)9-7(10)4-3-5-8(9)11-2/h3-6,12H,1-2H3. The summed E-state index contributed by atoms with van der Waals surface area (Å²) in [4.78, 5) is 0. The molecule has 0 spiro atoms. The Balaban J connectivity index is 3.20. The van der Waals surface area contributed by atoms with Crippen molar-refractivity contribution in [2.75, 3.05) is 7.11 Å². The minimum absolute atomic E-state index is 0.152. The molecule has 0 aliphatic rings. The summed E-state index contributed by atoms with van der Waals surface area (Å²) in [5.74, 6) is 0.286. The SMILES string of the molecule is COc1cccc(F)c1C(C)S. The lowest BCUT2D eigenvalue weighted by Gasteiger charge is -2.11. The Morgan fingerprint density at radius 2 is 2.17 bits per heavy atom. The second-order valence-electron chi connectivity index (χ2n) is 2.53. The Bertz CT molecular complexity index is 273. The van der Waals surface area contributed by atoms with Crippen LogP contribution in [0.1, 0.15) is 17.7 Å². The fourth-order valence-electron chi connectivity index (χ4n) is 1.10. The van der Waals surface area contributed by atoms with Crippen LogP contribution in [0.2, 0.25) is 0 Å². The van der Waals surface area contributed by atoms with E-state index in [1.807, 2.05) is 6.92 Å². The highest BCUT2D eigenvalue weighted by Crippen LogP contribution is 2.30. The number of rotatable bonds is 2. The van der Waals surface area contributed by atoms with E-state index in [1.54, 1.807) is 12.1 Å². The normalized spacial score (nSPS) is 12.7. The van der Waals surface area contributed by atoms with E-state index < -0.39 is 0 Å². The first kappa shape index (κ1) is 9.39. The third-order valence-electron chi connectivity index (χ3n) is 1.65. The van der Waals surface area contributed by atoms with Gasteiger partial charge in [-0.1, -0.05) is 6.07 Å².